The molecule has 2 heterocycles. The van der Waals surface area contributed by atoms with E-state index in [1.807, 2.05) is 42.5 Å². The highest BCUT2D eigenvalue weighted by atomic mass is 16.2. The minimum absolute atomic E-state index is 0.276. The van der Waals surface area contributed by atoms with Crippen LogP contribution in [0.15, 0.2) is 73.2 Å². The second kappa shape index (κ2) is 8.70. The van der Waals surface area contributed by atoms with Gasteiger partial charge in [-0.2, -0.15) is 0 Å². The van der Waals surface area contributed by atoms with E-state index in [4.69, 9.17) is 0 Å². The van der Waals surface area contributed by atoms with Crippen LogP contribution < -0.4 is 15.1 Å². The van der Waals surface area contributed by atoms with Gasteiger partial charge in [-0.3, -0.25) is 0 Å². The van der Waals surface area contributed by atoms with Gasteiger partial charge in [0, 0.05) is 43.8 Å². The summed E-state index contributed by atoms with van der Waals surface area (Å²) in [6.45, 7) is 4.14. The van der Waals surface area contributed by atoms with E-state index in [-0.39, 0.29) is 6.03 Å². The summed E-state index contributed by atoms with van der Waals surface area (Å²) in [7, 11) is 2.14. The van der Waals surface area contributed by atoms with Crippen molar-refractivity contribution in [2.45, 2.75) is 0 Å². The van der Waals surface area contributed by atoms with E-state index in [1.165, 1.54) is 16.9 Å². The fraction of sp³-hybridized carbons (Fsp3) is 0.227. The lowest BCUT2D eigenvalue weighted by molar-refractivity contribution is 0.259. The second-order valence-corrected chi connectivity index (χ2v) is 7.01. The van der Waals surface area contributed by atoms with Crippen LogP contribution in [0, 0.1) is 0 Å². The first-order chi connectivity index (χ1) is 14.2. The van der Waals surface area contributed by atoms with E-state index < -0.39 is 0 Å². The summed E-state index contributed by atoms with van der Waals surface area (Å²) in [5, 5.41) is 2.98. The number of carbonyl (C=O) groups is 1. The number of aromatic nitrogens is 2. The van der Waals surface area contributed by atoms with Crippen LogP contribution in [0.25, 0.3) is 0 Å². The van der Waals surface area contributed by atoms with Crippen LogP contribution in [0.3, 0.4) is 0 Å². The zero-order valence-corrected chi connectivity index (χ0v) is 16.4. The van der Waals surface area contributed by atoms with E-state index >= 15 is 0 Å². The molecule has 29 heavy (non-hydrogen) atoms. The van der Waals surface area contributed by atoms with Crippen LogP contribution in [-0.2, 0) is 0 Å². The minimum Gasteiger partial charge on any atom is -0.369 e. The van der Waals surface area contributed by atoms with E-state index in [2.05, 4.69) is 44.3 Å². The van der Waals surface area contributed by atoms with Gasteiger partial charge < -0.3 is 15.1 Å². The molecule has 0 aliphatic carbocycles. The highest BCUT2D eigenvalue weighted by molar-refractivity contribution is 6.06. The third-order valence-corrected chi connectivity index (χ3v) is 5.00. The van der Waals surface area contributed by atoms with Crippen molar-refractivity contribution in [1.82, 2.24) is 14.9 Å². The van der Waals surface area contributed by atoms with Crippen LogP contribution in [0.2, 0.25) is 0 Å². The quantitative estimate of drug-likeness (QED) is 0.740. The Balaban J connectivity index is 1.50. The predicted octanol–water partition coefficient (Wildman–Crippen LogP) is 3.60. The first-order valence-corrected chi connectivity index (χ1v) is 9.66. The maximum Gasteiger partial charge on any atom is 0.332 e. The molecule has 1 aliphatic heterocycles. The Labute approximate surface area is 170 Å². The summed E-state index contributed by atoms with van der Waals surface area (Å²) in [6, 6.07) is 18.9. The molecule has 0 spiro atoms. The first kappa shape index (κ1) is 18.9. The minimum atomic E-state index is -0.276. The van der Waals surface area contributed by atoms with Crippen molar-refractivity contribution in [2.24, 2.45) is 0 Å². The summed E-state index contributed by atoms with van der Waals surface area (Å²) in [4.78, 5) is 27.5. The smallest absolute Gasteiger partial charge is 0.332 e. The van der Waals surface area contributed by atoms with Gasteiger partial charge >= 0.3 is 6.03 Å². The van der Waals surface area contributed by atoms with Gasteiger partial charge in [0.1, 0.15) is 12.1 Å². The number of para-hydroxylation sites is 1. The molecule has 0 saturated carbocycles. The maximum atomic E-state index is 13.1. The number of carbonyl (C=O) groups excluding carboxylic acids is 1. The molecule has 2 aromatic carbocycles. The van der Waals surface area contributed by atoms with Gasteiger partial charge in [-0.25, -0.2) is 19.7 Å². The van der Waals surface area contributed by atoms with Crippen LogP contribution in [0.4, 0.5) is 27.7 Å². The number of hydrogen-bond donors (Lipinski definition) is 1. The number of hydrogen-bond acceptors (Lipinski definition) is 5. The summed E-state index contributed by atoms with van der Waals surface area (Å²) < 4.78 is 0. The lowest BCUT2D eigenvalue weighted by Gasteiger charge is -2.34. The SMILES string of the molecule is CN1CCN(c2ccc(NC(=O)N(c3ccccc3)c3ccncn3)cc2)CC1. The fourth-order valence-electron chi connectivity index (χ4n) is 3.35. The van der Waals surface area contributed by atoms with Gasteiger partial charge in [0.25, 0.3) is 0 Å². The topological polar surface area (TPSA) is 64.6 Å². The largest absolute Gasteiger partial charge is 0.369 e. The summed E-state index contributed by atoms with van der Waals surface area (Å²) in [5.41, 5.74) is 2.65. The molecule has 1 fully saturated rings. The Morgan fingerprint density at radius 2 is 1.69 bits per heavy atom. The zero-order valence-electron chi connectivity index (χ0n) is 16.4. The molecule has 0 radical (unpaired) electrons. The number of likely N-dealkylation sites (N-methyl/N-ethyl adjacent to an activating group) is 1. The summed E-state index contributed by atoms with van der Waals surface area (Å²) in [5.74, 6) is 0.512. The molecular weight excluding hydrogens is 364 g/mol. The van der Waals surface area contributed by atoms with Gasteiger partial charge in [0.05, 0.1) is 5.69 Å². The maximum absolute atomic E-state index is 13.1. The molecule has 1 saturated heterocycles. The Morgan fingerprint density at radius 3 is 2.34 bits per heavy atom. The normalized spacial score (nSPS) is 14.4. The van der Waals surface area contributed by atoms with Crippen molar-refractivity contribution in [3.63, 3.8) is 0 Å². The van der Waals surface area contributed by atoms with E-state index in [0.29, 0.717) is 5.82 Å². The first-order valence-electron chi connectivity index (χ1n) is 9.66. The monoisotopic (exact) mass is 388 g/mol. The third-order valence-electron chi connectivity index (χ3n) is 5.00. The Kier molecular flexibility index (Phi) is 5.67. The van der Waals surface area contributed by atoms with Crippen LogP contribution in [0.1, 0.15) is 0 Å². The third kappa shape index (κ3) is 4.52. The summed E-state index contributed by atoms with van der Waals surface area (Å²) >= 11 is 0. The Hall–Kier alpha value is -3.45. The average Bonchev–Trinajstić information content (AvgIpc) is 2.77. The molecule has 4 rings (SSSR count). The highest BCUT2D eigenvalue weighted by Gasteiger charge is 2.19. The fourth-order valence-corrected chi connectivity index (χ4v) is 3.35. The molecule has 0 bridgehead atoms. The number of rotatable bonds is 4. The number of anilines is 4. The second-order valence-electron chi connectivity index (χ2n) is 7.01. The van der Waals surface area contributed by atoms with E-state index in [9.17, 15) is 4.79 Å². The van der Waals surface area contributed by atoms with Crippen LogP contribution in [0.5, 0.6) is 0 Å². The summed E-state index contributed by atoms with van der Waals surface area (Å²) in [6.07, 6.45) is 3.06. The Morgan fingerprint density at radius 1 is 0.966 bits per heavy atom. The van der Waals surface area contributed by atoms with Crippen LogP contribution >= 0.6 is 0 Å². The van der Waals surface area contributed by atoms with Crippen molar-refractivity contribution >= 4 is 28.9 Å². The van der Waals surface area contributed by atoms with Crippen molar-refractivity contribution in [2.75, 3.05) is 48.3 Å². The van der Waals surface area contributed by atoms with Gasteiger partial charge in [-0.1, -0.05) is 18.2 Å². The Bertz CT molecular complexity index is 885. The predicted molar refractivity (Wildman–Crippen MR) is 116 cm³/mol. The average molecular weight is 388 g/mol. The molecule has 1 N–H and O–H groups in total. The molecule has 0 atom stereocenters. The van der Waals surface area contributed by atoms with Crippen molar-refractivity contribution in [1.29, 1.82) is 0 Å². The molecule has 1 aromatic heterocycles. The molecule has 1 aliphatic rings. The van der Waals surface area contributed by atoms with Gasteiger partial charge in [-0.05, 0) is 49.5 Å². The molecular formula is C22H24N6O. The lowest BCUT2D eigenvalue weighted by Crippen LogP contribution is -2.44. The van der Waals surface area contributed by atoms with Gasteiger partial charge in [-0.15, -0.1) is 0 Å². The molecule has 7 heteroatoms. The highest BCUT2D eigenvalue weighted by Crippen LogP contribution is 2.25. The van der Waals surface area contributed by atoms with Crippen molar-refractivity contribution < 1.29 is 4.79 Å². The molecule has 3 aromatic rings. The number of nitrogens with zero attached hydrogens (tertiary/aromatic N) is 5. The van der Waals surface area contributed by atoms with Crippen molar-refractivity contribution in [3.05, 3.63) is 73.2 Å². The zero-order chi connectivity index (χ0) is 20.1. The van der Waals surface area contributed by atoms with E-state index in [1.54, 1.807) is 12.3 Å². The van der Waals surface area contributed by atoms with Gasteiger partial charge in [0.2, 0.25) is 0 Å². The van der Waals surface area contributed by atoms with Gasteiger partial charge in [0.15, 0.2) is 0 Å². The number of urea groups is 1. The lowest BCUT2D eigenvalue weighted by atomic mass is 10.2. The van der Waals surface area contributed by atoms with Crippen LogP contribution in [-0.4, -0.2) is 54.1 Å². The molecule has 2 amide bonds. The number of amides is 2. The van der Waals surface area contributed by atoms with E-state index in [0.717, 1.165) is 37.6 Å². The molecule has 148 valence electrons. The van der Waals surface area contributed by atoms with Crippen molar-refractivity contribution in [3.8, 4) is 0 Å². The number of benzene rings is 2. The molecule has 7 nitrogen and oxygen atoms in total. The molecule has 0 unspecified atom stereocenters. The number of nitrogens with one attached hydrogen (secondary N) is 1. The standard InChI is InChI=1S/C22H24N6O/c1-26-13-15-27(16-14-26)19-9-7-18(8-10-19)25-22(29)28(20-5-3-2-4-6-20)21-11-12-23-17-24-21/h2-12,17H,13-16H2,1H3,(H,25,29). The number of piperazine rings is 1.